The fourth-order valence-electron chi connectivity index (χ4n) is 3.63. The molecule has 8 atom stereocenters. The first-order valence-electron chi connectivity index (χ1n) is 15.7. The molecule has 0 saturated heterocycles. The summed E-state index contributed by atoms with van der Waals surface area (Å²) in [6, 6.07) is 0. The van der Waals surface area contributed by atoms with Crippen LogP contribution in [0.15, 0.2) is 0 Å². The summed E-state index contributed by atoms with van der Waals surface area (Å²) >= 11 is 0. The van der Waals surface area contributed by atoms with E-state index in [1.807, 2.05) is 13.8 Å². The van der Waals surface area contributed by atoms with Crippen molar-refractivity contribution in [1.82, 2.24) is 0 Å². The number of rotatable bonds is 30. The fraction of sp³-hybridized carbons (Fsp3) is 1.00. The van der Waals surface area contributed by atoms with Crippen molar-refractivity contribution in [2.75, 3.05) is 92.5 Å². The first-order chi connectivity index (χ1) is 19.6. The smallest absolute Gasteiger partial charge is 0.100 e. The first-order valence-corrected chi connectivity index (χ1v) is 15.7. The van der Waals surface area contributed by atoms with Crippen molar-refractivity contribution in [3.05, 3.63) is 0 Å². The Labute approximate surface area is 250 Å². The van der Waals surface area contributed by atoms with E-state index in [4.69, 9.17) is 43.4 Å². The van der Waals surface area contributed by atoms with Crippen LogP contribution in [0.2, 0.25) is 0 Å². The van der Waals surface area contributed by atoms with Gasteiger partial charge < -0.3 is 48.5 Å². The molecule has 0 bridgehead atoms. The number of aliphatic hydroxyl groups excluding tert-OH is 3. The molecule has 3 unspecified atom stereocenters. The Balaban J connectivity index is 3.88. The second-order valence-electron chi connectivity index (χ2n) is 12.0. The predicted octanol–water partition coefficient (Wildman–Crippen LogP) is 3.19. The van der Waals surface area contributed by atoms with E-state index in [2.05, 4.69) is 34.6 Å². The van der Waals surface area contributed by atoms with Crippen LogP contribution in [-0.4, -0.2) is 126 Å². The topological polar surface area (TPSA) is 125 Å². The van der Waals surface area contributed by atoms with Gasteiger partial charge in [0.1, 0.15) is 6.10 Å². The van der Waals surface area contributed by atoms with Crippen LogP contribution in [0.25, 0.3) is 0 Å². The maximum Gasteiger partial charge on any atom is 0.100 e. The van der Waals surface area contributed by atoms with E-state index in [0.717, 1.165) is 12.8 Å². The van der Waals surface area contributed by atoms with E-state index in [9.17, 15) is 5.11 Å². The monoisotopic (exact) mass is 596 g/mol. The zero-order valence-electron chi connectivity index (χ0n) is 27.1. The third-order valence-corrected chi connectivity index (χ3v) is 6.40. The molecule has 0 aliphatic heterocycles. The second-order valence-corrected chi connectivity index (χ2v) is 12.0. The molecule has 0 aromatic carbocycles. The van der Waals surface area contributed by atoms with Gasteiger partial charge in [0.15, 0.2) is 0 Å². The standard InChI is InChI=1S/C31H64O10/c1-8-30(40-20-28(7)19-37-14-25(4)13-35-12-24(3)10-32)22-38-17-26(5)15-36-16-27(6)18-39-23-31(9-2)41-21-29(34)11-33/h24-34H,8-23H2,1-7H3/t24-,25-,26-,27-,28-,29?,30?,31?/m0/s1. The Morgan fingerprint density at radius 2 is 0.732 bits per heavy atom. The molecule has 248 valence electrons. The summed E-state index contributed by atoms with van der Waals surface area (Å²) in [5.74, 6) is 1.31. The third-order valence-electron chi connectivity index (χ3n) is 6.40. The lowest BCUT2D eigenvalue weighted by molar-refractivity contribution is -0.0682. The summed E-state index contributed by atoms with van der Waals surface area (Å²) in [6.45, 7) is 21.1. The molecule has 0 aliphatic rings. The first kappa shape index (κ1) is 40.6. The van der Waals surface area contributed by atoms with Gasteiger partial charge in [0, 0.05) is 36.2 Å². The Morgan fingerprint density at radius 3 is 1.07 bits per heavy atom. The average molecular weight is 597 g/mol. The predicted molar refractivity (Wildman–Crippen MR) is 160 cm³/mol. The molecule has 10 nitrogen and oxygen atoms in total. The van der Waals surface area contributed by atoms with Crippen LogP contribution in [0.1, 0.15) is 61.3 Å². The van der Waals surface area contributed by atoms with Crippen molar-refractivity contribution in [3.63, 3.8) is 0 Å². The SMILES string of the molecule is CCC(COC[C@@H](C)COC[C@H](C)COCC(CC)OC[C@@H](C)COC[C@@H](C)COC[C@@H](C)CO)OCC(O)CO. The number of aliphatic hydroxyl groups is 3. The minimum atomic E-state index is -0.851. The maximum atomic E-state index is 9.41. The van der Waals surface area contributed by atoms with Crippen molar-refractivity contribution >= 4 is 0 Å². The minimum Gasteiger partial charge on any atom is -0.396 e. The van der Waals surface area contributed by atoms with Gasteiger partial charge in [-0.05, 0) is 12.8 Å². The van der Waals surface area contributed by atoms with Crippen LogP contribution in [0.5, 0.6) is 0 Å². The highest BCUT2D eigenvalue weighted by atomic mass is 16.5. The average Bonchev–Trinajstić information content (AvgIpc) is 2.96. The maximum absolute atomic E-state index is 9.41. The summed E-state index contributed by atoms with van der Waals surface area (Å²) in [5, 5.41) is 27.3. The summed E-state index contributed by atoms with van der Waals surface area (Å²) in [6.07, 6.45) is 0.784. The van der Waals surface area contributed by atoms with Crippen molar-refractivity contribution in [3.8, 4) is 0 Å². The van der Waals surface area contributed by atoms with E-state index in [0.29, 0.717) is 84.5 Å². The summed E-state index contributed by atoms with van der Waals surface area (Å²) in [7, 11) is 0. The molecule has 41 heavy (non-hydrogen) atoms. The lowest BCUT2D eigenvalue weighted by Gasteiger charge is -2.21. The quantitative estimate of drug-likeness (QED) is 0.114. The van der Waals surface area contributed by atoms with Crippen LogP contribution >= 0.6 is 0 Å². The molecule has 0 radical (unpaired) electrons. The van der Waals surface area contributed by atoms with Crippen LogP contribution in [-0.2, 0) is 33.2 Å². The van der Waals surface area contributed by atoms with Crippen LogP contribution in [0.3, 0.4) is 0 Å². The van der Waals surface area contributed by atoms with E-state index in [1.165, 1.54) is 0 Å². The molecule has 0 spiro atoms. The summed E-state index contributed by atoms with van der Waals surface area (Å²) in [4.78, 5) is 0. The Hall–Kier alpha value is -0.400. The van der Waals surface area contributed by atoms with Gasteiger partial charge in [-0.1, -0.05) is 48.5 Å². The Kier molecular flexibility index (Phi) is 26.9. The largest absolute Gasteiger partial charge is 0.396 e. The molecule has 0 amide bonds. The van der Waals surface area contributed by atoms with Crippen molar-refractivity contribution in [2.45, 2.75) is 79.6 Å². The van der Waals surface area contributed by atoms with E-state index in [1.54, 1.807) is 0 Å². The van der Waals surface area contributed by atoms with Gasteiger partial charge in [0.25, 0.3) is 0 Å². The molecule has 0 aliphatic carbocycles. The third kappa shape index (κ3) is 24.7. The molecule has 0 heterocycles. The molecular weight excluding hydrogens is 532 g/mol. The van der Waals surface area contributed by atoms with Crippen molar-refractivity contribution in [1.29, 1.82) is 0 Å². The minimum absolute atomic E-state index is 0.0615. The fourth-order valence-corrected chi connectivity index (χ4v) is 3.63. The highest BCUT2D eigenvalue weighted by Crippen LogP contribution is 2.09. The van der Waals surface area contributed by atoms with Crippen LogP contribution in [0, 0.1) is 29.6 Å². The molecule has 0 fully saturated rings. The lowest BCUT2D eigenvalue weighted by Crippen LogP contribution is -2.28. The van der Waals surface area contributed by atoms with Crippen LogP contribution in [0.4, 0.5) is 0 Å². The van der Waals surface area contributed by atoms with Gasteiger partial charge in [0.2, 0.25) is 0 Å². The lowest BCUT2D eigenvalue weighted by atomic mass is 10.2. The van der Waals surface area contributed by atoms with Gasteiger partial charge in [-0.2, -0.15) is 0 Å². The Bertz CT molecular complexity index is 555. The molecular formula is C31H64O10. The molecule has 0 aromatic heterocycles. The molecule has 10 heteroatoms. The summed E-state index contributed by atoms with van der Waals surface area (Å²) in [5.41, 5.74) is 0. The summed E-state index contributed by atoms with van der Waals surface area (Å²) < 4.78 is 40.7. The number of ether oxygens (including phenoxy) is 7. The molecule has 0 saturated carbocycles. The molecule has 0 rings (SSSR count). The number of hydrogen-bond donors (Lipinski definition) is 3. The zero-order valence-corrected chi connectivity index (χ0v) is 27.1. The highest BCUT2D eigenvalue weighted by molar-refractivity contribution is 4.61. The van der Waals surface area contributed by atoms with Crippen LogP contribution < -0.4 is 0 Å². The van der Waals surface area contributed by atoms with Gasteiger partial charge in [-0.25, -0.2) is 0 Å². The van der Waals surface area contributed by atoms with Crippen molar-refractivity contribution < 1.29 is 48.5 Å². The molecule has 0 aromatic rings. The highest BCUT2D eigenvalue weighted by Gasteiger charge is 2.14. The van der Waals surface area contributed by atoms with Gasteiger partial charge in [0.05, 0.1) is 98.1 Å². The normalized spacial score (nSPS) is 18.0. The van der Waals surface area contributed by atoms with E-state index in [-0.39, 0.29) is 49.8 Å². The van der Waals surface area contributed by atoms with Gasteiger partial charge in [-0.15, -0.1) is 0 Å². The van der Waals surface area contributed by atoms with Crippen molar-refractivity contribution in [2.24, 2.45) is 29.6 Å². The zero-order chi connectivity index (χ0) is 30.9. The Morgan fingerprint density at radius 1 is 0.415 bits per heavy atom. The molecule has 3 N–H and O–H groups in total. The van der Waals surface area contributed by atoms with Gasteiger partial charge in [-0.3, -0.25) is 0 Å². The van der Waals surface area contributed by atoms with E-state index >= 15 is 0 Å². The number of hydrogen-bond acceptors (Lipinski definition) is 10. The van der Waals surface area contributed by atoms with E-state index < -0.39 is 6.10 Å². The second kappa shape index (κ2) is 27.2. The van der Waals surface area contributed by atoms with Gasteiger partial charge >= 0.3 is 0 Å².